The first-order chi connectivity index (χ1) is 6.16. The van der Waals surface area contributed by atoms with E-state index in [0.29, 0.717) is 6.54 Å². The molecule has 1 aliphatic rings. The van der Waals surface area contributed by atoms with Crippen molar-refractivity contribution in [1.82, 2.24) is 4.90 Å². The third kappa shape index (κ3) is 2.31. The van der Waals surface area contributed by atoms with Crippen LogP contribution < -0.4 is 0 Å². The molecule has 0 aromatic rings. The molecule has 0 aromatic heterocycles. The number of aliphatic hydroxyl groups excluding tert-OH is 1. The molecule has 1 amide bonds. The third-order valence-electron chi connectivity index (χ3n) is 2.46. The van der Waals surface area contributed by atoms with Crippen LogP contribution in [0.3, 0.4) is 0 Å². The maximum Gasteiger partial charge on any atom is 0.230 e. The molecule has 0 bridgehead atoms. The highest BCUT2D eigenvalue weighted by atomic mass is 16.3. The van der Waals surface area contributed by atoms with Crippen LogP contribution in [0.25, 0.3) is 0 Å². The van der Waals surface area contributed by atoms with E-state index < -0.39 is 6.10 Å². The van der Waals surface area contributed by atoms with Gasteiger partial charge in [0.15, 0.2) is 0 Å². The Hall–Kier alpha value is -0.830. The van der Waals surface area contributed by atoms with E-state index in [2.05, 4.69) is 6.58 Å². The molecule has 1 N–H and O–H groups in total. The molecule has 13 heavy (non-hydrogen) atoms. The topological polar surface area (TPSA) is 40.5 Å². The molecule has 1 saturated heterocycles. The molecule has 0 saturated carbocycles. The molecule has 0 aromatic carbocycles. The molecule has 3 nitrogen and oxygen atoms in total. The highest BCUT2D eigenvalue weighted by Gasteiger charge is 2.38. The Morgan fingerprint density at radius 3 is 3.00 bits per heavy atom. The van der Waals surface area contributed by atoms with Gasteiger partial charge in [-0.3, -0.25) is 4.79 Å². The Kier molecular flexibility index (Phi) is 3.48. The second-order valence-electron chi connectivity index (χ2n) is 3.56. The van der Waals surface area contributed by atoms with Crippen LogP contribution in [0.5, 0.6) is 0 Å². The standard InChI is InChI=1S/C10H17NO2/c1-3-4-5-6-11-7-9(8(2)12)10(11)13/h3,8-9,12H,1,4-7H2,2H3/t8-,9+/m1/s1. The molecule has 0 unspecified atom stereocenters. The van der Waals surface area contributed by atoms with Crippen molar-refractivity contribution in [1.29, 1.82) is 0 Å². The molecular weight excluding hydrogens is 166 g/mol. The summed E-state index contributed by atoms with van der Waals surface area (Å²) < 4.78 is 0. The molecule has 74 valence electrons. The fourth-order valence-electron chi connectivity index (χ4n) is 1.51. The normalized spacial score (nSPS) is 24.0. The fraction of sp³-hybridized carbons (Fsp3) is 0.700. The summed E-state index contributed by atoms with van der Waals surface area (Å²) in [5.74, 6) is -0.0530. The summed E-state index contributed by atoms with van der Waals surface area (Å²) in [6.07, 6.45) is 3.28. The van der Waals surface area contributed by atoms with Crippen molar-refractivity contribution in [3.05, 3.63) is 12.7 Å². The number of carbonyl (C=O) groups excluding carboxylic acids is 1. The Balaban J connectivity index is 2.20. The van der Waals surface area contributed by atoms with E-state index in [9.17, 15) is 4.79 Å². The van der Waals surface area contributed by atoms with Crippen LogP contribution >= 0.6 is 0 Å². The average Bonchev–Trinajstić information content (AvgIpc) is 2.08. The van der Waals surface area contributed by atoms with Crippen LogP contribution in [-0.2, 0) is 4.79 Å². The number of hydrogen-bond donors (Lipinski definition) is 1. The minimum absolute atomic E-state index is 0.0964. The van der Waals surface area contributed by atoms with Crippen molar-refractivity contribution < 1.29 is 9.90 Å². The minimum Gasteiger partial charge on any atom is -0.393 e. The maximum atomic E-state index is 11.3. The van der Waals surface area contributed by atoms with Crippen LogP contribution in [0, 0.1) is 5.92 Å². The zero-order chi connectivity index (χ0) is 9.84. The van der Waals surface area contributed by atoms with E-state index in [1.165, 1.54) is 0 Å². The lowest BCUT2D eigenvalue weighted by Gasteiger charge is -2.39. The molecule has 0 aliphatic carbocycles. The lowest BCUT2D eigenvalue weighted by atomic mass is 9.93. The SMILES string of the molecule is C=CCCCN1C[C@@H]([C@@H](C)O)C1=O. The van der Waals surface area contributed by atoms with Crippen molar-refractivity contribution in [2.24, 2.45) is 5.92 Å². The zero-order valence-corrected chi connectivity index (χ0v) is 8.07. The molecule has 0 spiro atoms. The van der Waals surface area contributed by atoms with E-state index in [1.54, 1.807) is 11.8 Å². The van der Waals surface area contributed by atoms with Crippen LogP contribution in [0.4, 0.5) is 0 Å². The number of allylic oxidation sites excluding steroid dienone is 1. The van der Waals surface area contributed by atoms with Crippen LogP contribution in [0.15, 0.2) is 12.7 Å². The molecule has 0 radical (unpaired) electrons. The first-order valence-corrected chi connectivity index (χ1v) is 4.74. The van der Waals surface area contributed by atoms with Gasteiger partial charge < -0.3 is 10.0 Å². The van der Waals surface area contributed by atoms with Gasteiger partial charge in [-0.25, -0.2) is 0 Å². The van der Waals surface area contributed by atoms with Gasteiger partial charge >= 0.3 is 0 Å². The van der Waals surface area contributed by atoms with Crippen LogP contribution in [0.2, 0.25) is 0 Å². The average molecular weight is 183 g/mol. The lowest BCUT2D eigenvalue weighted by molar-refractivity contribution is -0.153. The van der Waals surface area contributed by atoms with Gasteiger partial charge in [-0.05, 0) is 19.8 Å². The van der Waals surface area contributed by atoms with Crippen LogP contribution in [0.1, 0.15) is 19.8 Å². The van der Waals surface area contributed by atoms with Gasteiger partial charge in [0, 0.05) is 13.1 Å². The summed E-state index contributed by atoms with van der Waals surface area (Å²) in [5, 5.41) is 9.17. The Morgan fingerprint density at radius 1 is 1.85 bits per heavy atom. The smallest absolute Gasteiger partial charge is 0.230 e. The van der Waals surface area contributed by atoms with E-state index in [-0.39, 0.29) is 11.8 Å². The van der Waals surface area contributed by atoms with Gasteiger partial charge in [-0.1, -0.05) is 6.08 Å². The van der Waals surface area contributed by atoms with Crippen molar-refractivity contribution in [3.8, 4) is 0 Å². The predicted octanol–water partition coefficient (Wildman–Crippen LogP) is 0.792. The number of likely N-dealkylation sites (tertiary alicyclic amines) is 1. The second kappa shape index (κ2) is 4.42. The first-order valence-electron chi connectivity index (χ1n) is 4.74. The molecule has 2 atom stereocenters. The Morgan fingerprint density at radius 2 is 2.54 bits per heavy atom. The van der Waals surface area contributed by atoms with Crippen molar-refractivity contribution in [2.75, 3.05) is 13.1 Å². The Bertz CT molecular complexity index is 201. The largest absolute Gasteiger partial charge is 0.393 e. The number of amides is 1. The lowest BCUT2D eigenvalue weighted by Crippen LogP contribution is -2.56. The Labute approximate surface area is 79.0 Å². The van der Waals surface area contributed by atoms with Gasteiger partial charge in [0.1, 0.15) is 0 Å². The molecule has 3 heteroatoms. The minimum atomic E-state index is -0.497. The van der Waals surface area contributed by atoms with Gasteiger partial charge in [0.25, 0.3) is 0 Å². The highest BCUT2D eigenvalue weighted by Crippen LogP contribution is 2.21. The number of carbonyl (C=O) groups is 1. The molecule has 1 fully saturated rings. The van der Waals surface area contributed by atoms with E-state index in [0.717, 1.165) is 19.4 Å². The van der Waals surface area contributed by atoms with Crippen LogP contribution in [-0.4, -0.2) is 35.1 Å². The molecular formula is C10H17NO2. The van der Waals surface area contributed by atoms with Gasteiger partial charge in [0.05, 0.1) is 12.0 Å². The van der Waals surface area contributed by atoms with E-state index >= 15 is 0 Å². The third-order valence-corrected chi connectivity index (χ3v) is 2.46. The van der Waals surface area contributed by atoms with E-state index in [1.807, 2.05) is 6.08 Å². The number of unbranched alkanes of at least 4 members (excludes halogenated alkanes) is 1. The summed E-state index contributed by atoms with van der Waals surface area (Å²) in [7, 11) is 0. The first kappa shape index (κ1) is 10.3. The second-order valence-corrected chi connectivity index (χ2v) is 3.56. The number of β-lactam (4-membered cyclic amide) rings is 1. The summed E-state index contributed by atoms with van der Waals surface area (Å²) in [6, 6.07) is 0. The number of aliphatic hydroxyl groups is 1. The molecule has 1 heterocycles. The fourth-order valence-corrected chi connectivity index (χ4v) is 1.51. The summed E-state index contributed by atoms with van der Waals surface area (Å²) >= 11 is 0. The highest BCUT2D eigenvalue weighted by molar-refractivity contribution is 5.85. The summed E-state index contributed by atoms with van der Waals surface area (Å²) in [6.45, 7) is 6.81. The van der Waals surface area contributed by atoms with Crippen molar-refractivity contribution >= 4 is 5.91 Å². The van der Waals surface area contributed by atoms with E-state index in [4.69, 9.17) is 5.11 Å². The number of nitrogens with zero attached hydrogens (tertiary/aromatic N) is 1. The molecule has 1 rings (SSSR count). The van der Waals surface area contributed by atoms with Gasteiger partial charge in [0.2, 0.25) is 5.91 Å². The zero-order valence-electron chi connectivity index (χ0n) is 8.07. The van der Waals surface area contributed by atoms with Gasteiger partial charge in [-0.15, -0.1) is 6.58 Å². The monoisotopic (exact) mass is 183 g/mol. The number of hydrogen-bond acceptors (Lipinski definition) is 2. The molecule has 1 aliphatic heterocycles. The van der Waals surface area contributed by atoms with Crippen molar-refractivity contribution in [3.63, 3.8) is 0 Å². The van der Waals surface area contributed by atoms with Gasteiger partial charge in [-0.2, -0.15) is 0 Å². The number of rotatable bonds is 5. The summed E-state index contributed by atoms with van der Waals surface area (Å²) in [5.41, 5.74) is 0. The quantitative estimate of drug-likeness (QED) is 0.389. The van der Waals surface area contributed by atoms with Crippen molar-refractivity contribution in [2.45, 2.75) is 25.9 Å². The summed E-state index contributed by atoms with van der Waals surface area (Å²) in [4.78, 5) is 13.1. The predicted molar refractivity (Wildman–Crippen MR) is 51.2 cm³/mol. The maximum absolute atomic E-state index is 11.3.